The molecule has 162 valence electrons. The van der Waals surface area contributed by atoms with Gasteiger partial charge in [0.1, 0.15) is 11.4 Å². The first kappa shape index (κ1) is 21.0. The normalized spacial score (nSPS) is 49.0. The van der Waals surface area contributed by atoms with E-state index in [2.05, 4.69) is 6.92 Å². The number of carbonyl (C=O) groups is 3. The van der Waals surface area contributed by atoms with E-state index < -0.39 is 29.4 Å². The number of aliphatic hydroxyl groups is 2. The standard InChI is InChI=1S/C23H34O6/c1-13(24)29-12-19(27)23(28)9-7-17-16-5-4-14-10-15(25)6-8-21(14,2)20(16)18(26)11-22(17,23)3/h14-17,20,25,28H,4-12H2,1-3H3/t14-,15-,16?,17?,20?,21+,22+,23+/m1/s1. The summed E-state index contributed by atoms with van der Waals surface area (Å²) in [4.78, 5) is 37.5. The molecule has 0 bridgehead atoms. The summed E-state index contributed by atoms with van der Waals surface area (Å²) in [6.45, 7) is 4.93. The molecule has 0 heterocycles. The Morgan fingerprint density at radius 2 is 1.86 bits per heavy atom. The molecule has 29 heavy (non-hydrogen) atoms. The highest BCUT2D eigenvalue weighted by Gasteiger charge is 2.69. The molecular weight excluding hydrogens is 372 g/mol. The highest BCUT2D eigenvalue weighted by Crippen LogP contribution is 2.67. The van der Waals surface area contributed by atoms with Gasteiger partial charge >= 0.3 is 5.97 Å². The summed E-state index contributed by atoms with van der Waals surface area (Å²) >= 11 is 0. The van der Waals surface area contributed by atoms with Gasteiger partial charge in [-0.1, -0.05) is 13.8 Å². The van der Waals surface area contributed by atoms with Gasteiger partial charge in [-0.05, 0) is 68.1 Å². The number of carbonyl (C=O) groups excluding carboxylic acids is 3. The minimum Gasteiger partial charge on any atom is -0.458 e. The van der Waals surface area contributed by atoms with Crippen LogP contribution in [0.5, 0.6) is 0 Å². The molecule has 2 N–H and O–H groups in total. The molecule has 4 rings (SSSR count). The van der Waals surface area contributed by atoms with Crippen molar-refractivity contribution >= 4 is 17.5 Å². The van der Waals surface area contributed by atoms with Gasteiger partial charge in [0.25, 0.3) is 0 Å². The van der Waals surface area contributed by atoms with Gasteiger partial charge < -0.3 is 14.9 Å². The van der Waals surface area contributed by atoms with Crippen LogP contribution in [0.25, 0.3) is 0 Å². The minimum absolute atomic E-state index is 0.0438. The topological polar surface area (TPSA) is 101 Å². The lowest BCUT2D eigenvalue weighted by atomic mass is 9.44. The number of Topliss-reactive ketones (excluding diaryl/α,β-unsaturated/α-hetero) is 2. The average molecular weight is 407 g/mol. The van der Waals surface area contributed by atoms with E-state index in [0.717, 1.165) is 38.5 Å². The molecule has 6 heteroatoms. The predicted octanol–water partition coefficient (Wildman–Crippen LogP) is 2.43. The fourth-order valence-corrected chi connectivity index (χ4v) is 7.80. The van der Waals surface area contributed by atoms with Crippen molar-refractivity contribution in [3.8, 4) is 0 Å². The first-order valence-corrected chi connectivity index (χ1v) is 11.1. The second kappa shape index (κ2) is 6.88. The summed E-state index contributed by atoms with van der Waals surface area (Å²) in [5.41, 5.74) is -2.52. The van der Waals surface area contributed by atoms with Crippen LogP contribution in [0, 0.1) is 34.5 Å². The van der Waals surface area contributed by atoms with Crippen LogP contribution in [0.4, 0.5) is 0 Å². The number of ether oxygens (including phenoxy) is 1. The molecule has 8 atom stereocenters. The fraction of sp³-hybridized carbons (Fsp3) is 0.870. The summed E-state index contributed by atoms with van der Waals surface area (Å²) in [7, 11) is 0. The third-order valence-corrected chi connectivity index (χ3v) is 9.35. The van der Waals surface area contributed by atoms with Crippen molar-refractivity contribution in [2.24, 2.45) is 34.5 Å². The molecule has 0 aromatic rings. The van der Waals surface area contributed by atoms with Crippen LogP contribution in [0.2, 0.25) is 0 Å². The van der Waals surface area contributed by atoms with E-state index >= 15 is 0 Å². The Kier molecular flexibility index (Phi) is 4.97. The first-order chi connectivity index (χ1) is 13.5. The summed E-state index contributed by atoms with van der Waals surface area (Å²) in [6, 6.07) is 0. The van der Waals surface area contributed by atoms with Gasteiger partial charge in [0.2, 0.25) is 5.78 Å². The Morgan fingerprint density at radius 3 is 2.55 bits per heavy atom. The van der Waals surface area contributed by atoms with Crippen molar-refractivity contribution in [1.29, 1.82) is 0 Å². The van der Waals surface area contributed by atoms with E-state index in [9.17, 15) is 24.6 Å². The molecule has 6 nitrogen and oxygen atoms in total. The second-order valence-electron chi connectivity index (χ2n) is 10.6. The minimum atomic E-state index is -1.62. The maximum absolute atomic E-state index is 13.5. The smallest absolute Gasteiger partial charge is 0.303 e. The monoisotopic (exact) mass is 406 g/mol. The molecule has 4 aliphatic carbocycles. The van der Waals surface area contributed by atoms with Crippen LogP contribution < -0.4 is 0 Å². The van der Waals surface area contributed by atoms with E-state index in [-0.39, 0.29) is 41.5 Å². The van der Waals surface area contributed by atoms with Crippen LogP contribution in [0.15, 0.2) is 0 Å². The Morgan fingerprint density at radius 1 is 1.14 bits per heavy atom. The van der Waals surface area contributed by atoms with Crippen LogP contribution in [0.3, 0.4) is 0 Å². The lowest BCUT2D eigenvalue weighted by molar-refractivity contribution is -0.181. The Labute approximate surface area is 172 Å². The largest absolute Gasteiger partial charge is 0.458 e. The van der Waals surface area contributed by atoms with Crippen molar-refractivity contribution in [3.05, 3.63) is 0 Å². The molecule has 0 aromatic carbocycles. The molecule has 0 spiro atoms. The van der Waals surface area contributed by atoms with Gasteiger partial charge in [-0.15, -0.1) is 0 Å². The zero-order valence-electron chi connectivity index (χ0n) is 17.8. The van der Waals surface area contributed by atoms with Crippen molar-refractivity contribution in [2.75, 3.05) is 6.61 Å². The first-order valence-electron chi connectivity index (χ1n) is 11.1. The van der Waals surface area contributed by atoms with Gasteiger partial charge in [0.05, 0.1) is 6.10 Å². The maximum atomic E-state index is 13.5. The summed E-state index contributed by atoms with van der Waals surface area (Å²) in [5, 5.41) is 21.6. The SMILES string of the molecule is CC(=O)OCC(=O)[C@@]1(O)CCC2C3CC[C@@H]4C[C@H](O)CC[C@]4(C)C3C(=O)C[C@@]21C. The molecule has 0 aromatic heterocycles. The fourth-order valence-electron chi connectivity index (χ4n) is 7.80. The number of esters is 1. The number of fused-ring (bicyclic) bond motifs is 5. The van der Waals surface area contributed by atoms with E-state index in [1.807, 2.05) is 6.92 Å². The zero-order valence-corrected chi connectivity index (χ0v) is 17.8. The lowest BCUT2D eigenvalue weighted by Gasteiger charge is -2.60. The lowest BCUT2D eigenvalue weighted by Crippen LogP contribution is -2.62. The number of aliphatic hydroxyl groups excluding tert-OH is 1. The maximum Gasteiger partial charge on any atom is 0.303 e. The Hall–Kier alpha value is -1.27. The van der Waals surface area contributed by atoms with Crippen LogP contribution >= 0.6 is 0 Å². The van der Waals surface area contributed by atoms with E-state index in [4.69, 9.17) is 4.74 Å². The van der Waals surface area contributed by atoms with Gasteiger partial charge in [0.15, 0.2) is 6.61 Å². The summed E-state index contributed by atoms with van der Waals surface area (Å²) in [5.74, 6) is -0.256. The predicted molar refractivity (Wildman–Crippen MR) is 105 cm³/mol. The molecule has 0 radical (unpaired) electrons. The van der Waals surface area contributed by atoms with E-state index in [0.29, 0.717) is 12.3 Å². The van der Waals surface area contributed by atoms with Gasteiger partial charge in [0, 0.05) is 24.7 Å². The number of ketones is 2. The van der Waals surface area contributed by atoms with Crippen LogP contribution in [-0.4, -0.2) is 46.1 Å². The number of rotatable bonds is 3. The second-order valence-corrected chi connectivity index (χ2v) is 10.6. The van der Waals surface area contributed by atoms with Crippen LogP contribution in [0.1, 0.15) is 72.1 Å². The van der Waals surface area contributed by atoms with Gasteiger partial charge in [-0.2, -0.15) is 0 Å². The molecule has 4 saturated carbocycles. The molecule has 0 saturated heterocycles. The Balaban J connectivity index is 1.63. The van der Waals surface area contributed by atoms with E-state index in [1.165, 1.54) is 6.92 Å². The molecule has 0 amide bonds. The molecule has 0 aliphatic heterocycles. The summed E-state index contributed by atoms with van der Waals surface area (Å²) < 4.78 is 4.88. The van der Waals surface area contributed by atoms with Gasteiger partial charge in [-0.25, -0.2) is 0 Å². The van der Waals surface area contributed by atoms with Crippen molar-refractivity contribution in [1.82, 2.24) is 0 Å². The van der Waals surface area contributed by atoms with Crippen LogP contribution in [-0.2, 0) is 19.1 Å². The van der Waals surface area contributed by atoms with Crippen molar-refractivity contribution in [2.45, 2.75) is 83.8 Å². The molecule has 3 unspecified atom stereocenters. The number of hydrogen-bond acceptors (Lipinski definition) is 6. The Bertz CT molecular complexity index is 733. The third-order valence-electron chi connectivity index (χ3n) is 9.35. The average Bonchev–Trinajstić information content (AvgIpc) is 2.91. The van der Waals surface area contributed by atoms with Gasteiger partial charge in [-0.3, -0.25) is 14.4 Å². The quantitative estimate of drug-likeness (QED) is 0.698. The molecule has 4 aliphatic rings. The van der Waals surface area contributed by atoms with E-state index in [1.54, 1.807) is 0 Å². The zero-order chi connectivity index (χ0) is 21.2. The molecular formula is C23H34O6. The molecule has 4 fully saturated rings. The number of hydrogen-bond donors (Lipinski definition) is 2. The third kappa shape index (κ3) is 2.93. The highest BCUT2D eigenvalue weighted by molar-refractivity contribution is 5.93. The summed E-state index contributed by atoms with van der Waals surface area (Å²) in [6.07, 6.45) is 5.28. The van der Waals surface area contributed by atoms with Crippen molar-refractivity contribution < 1.29 is 29.3 Å². The highest BCUT2D eigenvalue weighted by atomic mass is 16.5. The van der Waals surface area contributed by atoms with Crippen molar-refractivity contribution in [3.63, 3.8) is 0 Å².